The van der Waals surface area contributed by atoms with Gasteiger partial charge in [0.25, 0.3) is 0 Å². The summed E-state index contributed by atoms with van der Waals surface area (Å²) in [5.74, 6) is 0.146. The molecule has 0 heterocycles. The summed E-state index contributed by atoms with van der Waals surface area (Å²) in [5.41, 5.74) is 0.897. The van der Waals surface area contributed by atoms with Crippen molar-refractivity contribution in [1.29, 1.82) is 0 Å². The lowest BCUT2D eigenvalue weighted by Crippen LogP contribution is -1.79. The number of rotatable bonds is 1. The van der Waals surface area contributed by atoms with Crippen LogP contribution in [0.15, 0.2) is 36.9 Å². The molecular weight excluding hydrogens is 176 g/mol. The Balaban J connectivity index is 2.93. The van der Waals surface area contributed by atoms with Crippen LogP contribution in [0.3, 0.4) is 0 Å². The van der Waals surface area contributed by atoms with Crippen LogP contribution in [-0.4, -0.2) is 10.2 Å². The Morgan fingerprint density at radius 3 is 2.57 bits per heavy atom. The largest absolute Gasteiger partial charge is 0.508 e. The van der Waals surface area contributed by atoms with Gasteiger partial charge in [0.15, 0.2) is 0 Å². The summed E-state index contributed by atoms with van der Waals surface area (Å²) in [4.78, 5) is 0. The molecule has 0 saturated heterocycles. The van der Waals surface area contributed by atoms with E-state index in [0.717, 1.165) is 16.3 Å². The molecule has 0 radical (unpaired) electrons. The van der Waals surface area contributed by atoms with Crippen LogP contribution >= 0.6 is 0 Å². The summed E-state index contributed by atoms with van der Waals surface area (Å²) in [6.07, 6.45) is 1.70. The highest BCUT2D eigenvalue weighted by Gasteiger charge is 2.04. The molecule has 0 unspecified atom stereocenters. The first-order chi connectivity index (χ1) is 6.72. The van der Waals surface area contributed by atoms with E-state index in [2.05, 4.69) is 6.58 Å². The topological polar surface area (TPSA) is 40.5 Å². The minimum absolute atomic E-state index is 0.0595. The molecule has 0 aromatic heterocycles. The molecule has 14 heavy (non-hydrogen) atoms. The predicted octanol–water partition coefficient (Wildman–Crippen LogP) is 2.89. The molecule has 2 heteroatoms. The summed E-state index contributed by atoms with van der Waals surface area (Å²) in [7, 11) is 0. The van der Waals surface area contributed by atoms with Gasteiger partial charge in [-0.2, -0.15) is 0 Å². The van der Waals surface area contributed by atoms with E-state index in [1.807, 2.05) is 12.1 Å². The van der Waals surface area contributed by atoms with Gasteiger partial charge < -0.3 is 10.2 Å². The maximum Gasteiger partial charge on any atom is 0.127 e. The molecule has 2 aromatic rings. The second-order valence-corrected chi connectivity index (χ2v) is 3.11. The number of aromatic hydroxyl groups is 2. The third-order valence-electron chi connectivity index (χ3n) is 2.21. The zero-order chi connectivity index (χ0) is 10.1. The molecule has 0 aliphatic heterocycles. The molecule has 2 aromatic carbocycles. The average molecular weight is 186 g/mol. The van der Waals surface area contributed by atoms with Gasteiger partial charge in [0.05, 0.1) is 0 Å². The van der Waals surface area contributed by atoms with E-state index in [-0.39, 0.29) is 11.5 Å². The number of fused-ring (bicyclic) bond motifs is 1. The predicted molar refractivity (Wildman–Crippen MR) is 57.4 cm³/mol. The van der Waals surface area contributed by atoms with E-state index < -0.39 is 0 Å². The highest BCUT2D eigenvalue weighted by molar-refractivity contribution is 5.95. The first-order valence-corrected chi connectivity index (χ1v) is 4.29. The third kappa shape index (κ3) is 1.21. The van der Waals surface area contributed by atoms with Crippen molar-refractivity contribution < 1.29 is 10.2 Å². The Morgan fingerprint density at radius 2 is 1.86 bits per heavy atom. The molecule has 0 atom stereocenters. The quantitative estimate of drug-likeness (QED) is 0.718. The number of hydrogen-bond donors (Lipinski definition) is 2. The van der Waals surface area contributed by atoms with Gasteiger partial charge in [0.2, 0.25) is 0 Å². The summed E-state index contributed by atoms with van der Waals surface area (Å²) < 4.78 is 0. The van der Waals surface area contributed by atoms with Gasteiger partial charge in [-0.1, -0.05) is 30.9 Å². The molecule has 2 N–H and O–H groups in total. The lowest BCUT2D eigenvalue weighted by atomic mass is 10.0. The minimum atomic E-state index is 0.0595. The highest BCUT2D eigenvalue weighted by Crippen LogP contribution is 2.31. The van der Waals surface area contributed by atoms with E-state index in [4.69, 9.17) is 0 Å². The van der Waals surface area contributed by atoms with Crippen LogP contribution < -0.4 is 0 Å². The number of hydrogen-bond acceptors (Lipinski definition) is 2. The van der Waals surface area contributed by atoms with Gasteiger partial charge in [-0.25, -0.2) is 0 Å². The highest BCUT2D eigenvalue weighted by atomic mass is 16.3. The van der Waals surface area contributed by atoms with E-state index in [1.165, 1.54) is 6.07 Å². The van der Waals surface area contributed by atoms with Crippen molar-refractivity contribution in [1.82, 2.24) is 0 Å². The molecule has 0 aliphatic rings. The first-order valence-electron chi connectivity index (χ1n) is 4.29. The number of phenols is 2. The summed E-state index contributed by atoms with van der Waals surface area (Å²) in [6.45, 7) is 3.68. The fourth-order valence-corrected chi connectivity index (χ4v) is 1.55. The molecule has 0 saturated carbocycles. The molecule has 0 amide bonds. The summed E-state index contributed by atoms with van der Waals surface area (Å²) in [6, 6.07) is 8.47. The standard InChI is InChI=1S/C12H10O2/c1-2-8-4-3-5-10-11(8)6-9(13)7-12(10)14/h2-7,13-14H,1H2. The lowest BCUT2D eigenvalue weighted by Gasteiger charge is -2.04. The monoisotopic (exact) mass is 186 g/mol. The van der Waals surface area contributed by atoms with Gasteiger partial charge >= 0.3 is 0 Å². The van der Waals surface area contributed by atoms with Crippen LogP contribution in [0.4, 0.5) is 0 Å². The lowest BCUT2D eigenvalue weighted by molar-refractivity contribution is 0.455. The first kappa shape index (κ1) is 8.63. The average Bonchev–Trinajstić information content (AvgIpc) is 2.17. The molecule has 2 nitrogen and oxygen atoms in total. The second kappa shape index (κ2) is 3.07. The van der Waals surface area contributed by atoms with Gasteiger partial charge in [-0.15, -0.1) is 0 Å². The van der Waals surface area contributed by atoms with Crippen LogP contribution in [0.5, 0.6) is 11.5 Å². The van der Waals surface area contributed by atoms with Gasteiger partial charge in [0.1, 0.15) is 11.5 Å². The molecule has 0 fully saturated rings. The van der Waals surface area contributed by atoms with Crippen LogP contribution in [0.2, 0.25) is 0 Å². The number of phenolic OH excluding ortho intramolecular Hbond substituents is 2. The third-order valence-corrected chi connectivity index (χ3v) is 2.21. The van der Waals surface area contributed by atoms with Gasteiger partial charge in [-0.05, 0) is 17.0 Å². The molecular formula is C12H10O2. The molecule has 0 bridgehead atoms. The Morgan fingerprint density at radius 1 is 1.07 bits per heavy atom. The van der Waals surface area contributed by atoms with Gasteiger partial charge in [-0.3, -0.25) is 0 Å². The smallest absolute Gasteiger partial charge is 0.127 e. The fourth-order valence-electron chi connectivity index (χ4n) is 1.55. The van der Waals surface area contributed by atoms with Crippen LogP contribution in [-0.2, 0) is 0 Å². The summed E-state index contributed by atoms with van der Waals surface area (Å²) in [5, 5.41) is 20.4. The fraction of sp³-hybridized carbons (Fsp3) is 0. The van der Waals surface area contributed by atoms with Crippen LogP contribution in [0, 0.1) is 0 Å². The van der Waals surface area contributed by atoms with E-state index in [1.54, 1.807) is 18.2 Å². The van der Waals surface area contributed by atoms with E-state index >= 15 is 0 Å². The van der Waals surface area contributed by atoms with Crippen molar-refractivity contribution >= 4 is 16.8 Å². The van der Waals surface area contributed by atoms with Crippen molar-refractivity contribution in [2.75, 3.05) is 0 Å². The van der Waals surface area contributed by atoms with Crippen molar-refractivity contribution in [2.45, 2.75) is 0 Å². The maximum absolute atomic E-state index is 9.58. The molecule has 0 aliphatic carbocycles. The Bertz CT molecular complexity index is 501. The van der Waals surface area contributed by atoms with Gasteiger partial charge in [0, 0.05) is 11.5 Å². The maximum atomic E-state index is 9.58. The van der Waals surface area contributed by atoms with Crippen LogP contribution in [0.1, 0.15) is 5.56 Å². The van der Waals surface area contributed by atoms with E-state index in [0.29, 0.717) is 0 Å². The normalized spacial score (nSPS) is 10.3. The van der Waals surface area contributed by atoms with E-state index in [9.17, 15) is 10.2 Å². The van der Waals surface area contributed by atoms with Crippen molar-refractivity contribution in [2.24, 2.45) is 0 Å². The SMILES string of the molecule is C=Cc1cccc2c(O)cc(O)cc12. The molecule has 0 spiro atoms. The zero-order valence-electron chi connectivity index (χ0n) is 7.57. The Kier molecular flexibility index (Phi) is 1.89. The van der Waals surface area contributed by atoms with Crippen molar-refractivity contribution in [3.05, 3.63) is 42.5 Å². The van der Waals surface area contributed by atoms with Crippen molar-refractivity contribution in [3.8, 4) is 11.5 Å². The Hall–Kier alpha value is -1.96. The van der Waals surface area contributed by atoms with Crippen molar-refractivity contribution in [3.63, 3.8) is 0 Å². The zero-order valence-corrected chi connectivity index (χ0v) is 7.57. The molecule has 2 rings (SSSR count). The minimum Gasteiger partial charge on any atom is -0.508 e. The molecule has 70 valence electrons. The van der Waals surface area contributed by atoms with Crippen LogP contribution in [0.25, 0.3) is 16.8 Å². The second-order valence-electron chi connectivity index (χ2n) is 3.11. The Labute approximate surface area is 81.7 Å². The summed E-state index contributed by atoms with van der Waals surface area (Å²) >= 11 is 0. The number of benzene rings is 2.